The van der Waals surface area contributed by atoms with Crippen LogP contribution in [0.25, 0.3) is 0 Å². The van der Waals surface area contributed by atoms with Crippen molar-refractivity contribution < 1.29 is 4.74 Å². The van der Waals surface area contributed by atoms with Gasteiger partial charge in [0.25, 0.3) is 0 Å². The van der Waals surface area contributed by atoms with Crippen molar-refractivity contribution in [1.82, 2.24) is 4.98 Å². The maximum absolute atomic E-state index is 5.47. The van der Waals surface area contributed by atoms with E-state index in [9.17, 15) is 0 Å². The molecule has 0 saturated carbocycles. The van der Waals surface area contributed by atoms with Crippen molar-refractivity contribution in [3.05, 3.63) is 52.3 Å². The van der Waals surface area contributed by atoms with Crippen LogP contribution in [0.1, 0.15) is 36.8 Å². The lowest BCUT2D eigenvalue weighted by Crippen LogP contribution is -2.45. The van der Waals surface area contributed by atoms with E-state index in [0.29, 0.717) is 11.8 Å². The summed E-state index contributed by atoms with van der Waals surface area (Å²) in [6, 6.07) is 10.7. The number of aromatic nitrogens is 1. The maximum atomic E-state index is 5.47. The normalized spacial score (nSPS) is 15.0. The molecule has 0 unspecified atom stereocenters. The van der Waals surface area contributed by atoms with Crippen molar-refractivity contribution in [3.8, 4) is 5.75 Å². The van der Waals surface area contributed by atoms with E-state index < -0.39 is 0 Å². The van der Waals surface area contributed by atoms with E-state index in [2.05, 4.69) is 63.9 Å². The molecule has 1 saturated heterocycles. The number of halogens is 1. The van der Waals surface area contributed by atoms with Gasteiger partial charge in [-0.3, -0.25) is 0 Å². The minimum Gasteiger partial charge on any atom is -0.494 e. The van der Waals surface area contributed by atoms with Crippen LogP contribution in [0.15, 0.2) is 41.1 Å². The molecule has 0 atom stereocenters. The van der Waals surface area contributed by atoms with Gasteiger partial charge in [-0.15, -0.1) is 0 Å². The number of rotatable bonds is 4. The van der Waals surface area contributed by atoms with Crippen molar-refractivity contribution >= 4 is 21.6 Å². The standard InChI is InChI=1S/C18H21BrN2O/c1-12(2)14-6-4-5-7-15(14)13-10-21(11-13)16-9-20-18(19)8-17(16)22-3/h4-9,12-13H,10-11H2,1-3H3. The molecule has 0 bridgehead atoms. The lowest BCUT2D eigenvalue weighted by molar-refractivity contribution is 0.407. The largest absolute Gasteiger partial charge is 0.494 e. The lowest BCUT2D eigenvalue weighted by atomic mass is 9.84. The van der Waals surface area contributed by atoms with Crippen molar-refractivity contribution in [2.24, 2.45) is 0 Å². The topological polar surface area (TPSA) is 25.4 Å². The molecule has 0 N–H and O–H groups in total. The summed E-state index contributed by atoms with van der Waals surface area (Å²) in [5.41, 5.74) is 4.02. The molecule has 0 aliphatic carbocycles. The number of hydrogen-bond donors (Lipinski definition) is 0. The van der Waals surface area contributed by atoms with Crippen LogP contribution in [-0.2, 0) is 0 Å². The molecule has 1 aliphatic rings. The molecule has 1 aromatic carbocycles. The van der Waals surface area contributed by atoms with Crippen LogP contribution in [0.4, 0.5) is 5.69 Å². The first-order valence-electron chi connectivity index (χ1n) is 7.63. The monoisotopic (exact) mass is 360 g/mol. The third kappa shape index (κ3) is 2.84. The molecule has 0 amide bonds. The summed E-state index contributed by atoms with van der Waals surface area (Å²) in [7, 11) is 1.70. The summed E-state index contributed by atoms with van der Waals surface area (Å²) < 4.78 is 6.28. The number of ether oxygens (including phenoxy) is 1. The predicted molar refractivity (Wildman–Crippen MR) is 94.0 cm³/mol. The van der Waals surface area contributed by atoms with Crippen molar-refractivity contribution in [3.63, 3.8) is 0 Å². The number of anilines is 1. The van der Waals surface area contributed by atoms with Crippen molar-refractivity contribution in [1.29, 1.82) is 0 Å². The molecule has 1 fully saturated rings. The van der Waals surface area contributed by atoms with Crippen LogP contribution in [-0.4, -0.2) is 25.2 Å². The second-order valence-electron chi connectivity index (χ2n) is 6.06. The van der Waals surface area contributed by atoms with Gasteiger partial charge in [-0.2, -0.15) is 0 Å². The molecule has 22 heavy (non-hydrogen) atoms. The second kappa shape index (κ2) is 6.29. The fourth-order valence-corrected chi connectivity index (χ4v) is 3.40. The third-order valence-corrected chi connectivity index (χ3v) is 4.75. The third-order valence-electron chi connectivity index (χ3n) is 4.31. The summed E-state index contributed by atoms with van der Waals surface area (Å²) in [6.45, 7) is 6.56. The zero-order valence-corrected chi connectivity index (χ0v) is 14.8. The van der Waals surface area contributed by atoms with E-state index in [4.69, 9.17) is 4.74 Å². The van der Waals surface area contributed by atoms with Gasteiger partial charge < -0.3 is 9.64 Å². The Morgan fingerprint density at radius 2 is 2.00 bits per heavy atom. The highest BCUT2D eigenvalue weighted by atomic mass is 79.9. The predicted octanol–water partition coefficient (Wildman–Crippen LogP) is 4.58. The fraction of sp³-hybridized carbons (Fsp3) is 0.389. The Morgan fingerprint density at radius 1 is 1.27 bits per heavy atom. The van der Waals surface area contributed by atoms with Crippen LogP contribution < -0.4 is 9.64 Å². The zero-order valence-electron chi connectivity index (χ0n) is 13.2. The average Bonchev–Trinajstić information content (AvgIpc) is 2.47. The molecule has 3 nitrogen and oxygen atoms in total. The molecule has 2 heterocycles. The molecule has 2 aromatic rings. The molecule has 116 valence electrons. The van der Waals surface area contributed by atoms with E-state index in [0.717, 1.165) is 29.1 Å². The van der Waals surface area contributed by atoms with E-state index >= 15 is 0 Å². The van der Waals surface area contributed by atoms with Gasteiger partial charge in [0.2, 0.25) is 0 Å². The van der Waals surface area contributed by atoms with Gasteiger partial charge in [-0.05, 0) is 33.0 Å². The number of hydrogen-bond acceptors (Lipinski definition) is 3. The van der Waals surface area contributed by atoms with Crippen LogP contribution in [0, 0.1) is 0 Å². The highest BCUT2D eigenvalue weighted by molar-refractivity contribution is 9.10. The summed E-state index contributed by atoms with van der Waals surface area (Å²) in [4.78, 5) is 6.66. The van der Waals surface area contributed by atoms with Crippen LogP contribution >= 0.6 is 15.9 Å². The summed E-state index contributed by atoms with van der Waals surface area (Å²) in [6.07, 6.45) is 1.88. The maximum Gasteiger partial charge on any atom is 0.146 e. The number of pyridine rings is 1. The minimum atomic E-state index is 0.564. The fourth-order valence-electron chi connectivity index (χ4n) is 3.09. The Morgan fingerprint density at radius 3 is 2.68 bits per heavy atom. The van der Waals surface area contributed by atoms with Crippen LogP contribution in [0.5, 0.6) is 5.75 Å². The van der Waals surface area contributed by atoms with Crippen LogP contribution in [0.2, 0.25) is 0 Å². The average molecular weight is 361 g/mol. The Bertz CT molecular complexity index is 666. The van der Waals surface area contributed by atoms with E-state index in [1.54, 1.807) is 7.11 Å². The smallest absolute Gasteiger partial charge is 0.146 e. The summed E-state index contributed by atoms with van der Waals surface area (Å²) >= 11 is 3.39. The quantitative estimate of drug-likeness (QED) is 0.746. The molecule has 0 spiro atoms. The van der Waals surface area contributed by atoms with E-state index in [1.807, 2.05) is 12.3 Å². The molecule has 1 aliphatic heterocycles. The van der Waals surface area contributed by atoms with Crippen LogP contribution in [0.3, 0.4) is 0 Å². The SMILES string of the molecule is COc1cc(Br)ncc1N1CC(c2ccccc2C(C)C)C1. The molecule has 0 radical (unpaired) electrons. The number of methoxy groups -OCH3 is 1. The first-order chi connectivity index (χ1) is 10.6. The van der Waals surface area contributed by atoms with Gasteiger partial charge in [-0.1, -0.05) is 38.1 Å². The highest BCUT2D eigenvalue weighted by Crippen LogP contribution is 2.39. The Kier molecular flexibility index (Phi) is 4.39. The number of nitrogens with zero attached hydrogens (tertiary/aromatic N) is 2. The minimum absolute atomic E-state index is 0.564. The van der Waals surface area contributed by atoms with Gasteiger partial charge in [0, 0.05) is 25.1 Å². The first kappa shape index (κ1) is 15.3. The Hall–Kier alpha value is -1.55. The highest BCUT2D eigenvalue weighted by Gasteiger charge is 2.31. The van der Waals surface area contributed by atoms with Gasteiger partial charge in [0.1, 0.15) is 10.4 Å². The van der Waals surface area contributed by atoms with Gasteiger partial charge in [-0.25, -0.2) is 4.98 Å². The Labute approximate surface area is 140 Å². The summed E-state index contributed by atoms with van der Waals surface area (Å²) in [5.74, 6) is 2.03. The van der Waals surface area contributed by atoms with Gasteiger partial charge in [0.05, 0.1) is 19.0 Å². The molecular weight excluding hydrogens is 340 g/mol. The first-order valence-corrected chi connectivity index (χ1v) is 8.42. The second-order valence-corrected chi connectivity index (χ2v) is 6.88. The molecular formula is C18H21BrN2O. The Balaban J connectivity index is 1.78. The van der Waals surface area contributed by atoms with E-state index in [-0.39, 0.29) is 0 Å². The lowest BCUT2D eigenvalue weighted by Gasteiger charge is -2.42. The van der Waals surface area contributed by atoms with Crippen molar-refractivity contribution in [2.75, 3.05) is 25.1 Å². The van der Waals surface area contributed by atoms with E-state index in [1.165, 1.54) is 11.1 Å². The van der Waals surface area contributed by atoms with Crippen molar-refractivity contribution in [2.45, 2.75) is 25.7 Å². The number of benzene rings is 1. The summed E-state index contributed by atoms with van der Waals surface area (Å²) in [5, 5.41) is 0. The molecule has 4 heteroatoms. The van der Waals surface area contributed by atoms with Gasteiger partial charge >= 0.3 is 0 Å². The van der Waals surface area contributed by atoms with Gasteiger partial charge in [0.15, 0.2) is 0 Å². The molecule has 1 aromatic heterocycles. The molecule has 3 rings (SSSR count). The zero-order chi connectivity index (χ0) is 15.7.